The van der Waals surface area contributed by atoms with Gasteiger partial charge in [0.05, 0.1) is 12.2 Å². The molecule has 2 aliphatic carbocycles. The molecular weight excluding hydrogens is 314 g/mol. The Balaban J connectivity index is 1.78. The minimum Gasteiger partial charge on any atom is -0.392 e. The van der Waals surface area contributed by atoms with Crippen LogP contribution >= 0.6 is 0 Å². The standard InChI is InChI=1S/C21H35NO3/c1-4-7-17(23)10-11-18-19-13-15(12-16(19)14-20(18)24)8-5-6-9-21(25)22(2)3/h10-12,16-20,23-24H,4-9,13-14H2,1-3H3/b11-10+/t16-,17+,18+,19-,20+/m0/s1. The molecule has 0 bridgehead atoms. The predicted octanol–water partition coefficient (Wildman–Crippen LogP) is 3.30. The molecular formula is C21H35NO3. The maximum absolute atomic E-state index is 11.6. The van der Waals surface area contributed by atoms with Crippen molar-refractivity contribution >= 4 is 5.91 Å². The Hall–Kier alpha value is -1.13. The molecule has 0 aromatic rings. The SMILES string of the molecule is CCC[C@@H](O)/C=C/[C@@H]1[C@H]2CC(CCCCC(=O)N(C)C)=C[C@H]2C[C@H]1O. The van der Waals surface area contributed by atoms with Crippen molar-refractivity contribution in [3.63, 3.8) is 0 Å². The average Bonchev–Trinajstić information content (AvgIpc) is 3.06. The Labute approximate surface area is 152 Å². The summed E-state index contributed by atoms with van der Waals surface area (Å²) in [7, 11) is 3.61. The smallest absolute Gasteiger partial charge is 0.222 e. The normalized spacial score (nSPS) is 29.7. The van der Waals surface area contributed by atoms with E-state index >= 15 is 0 Å². The molecule has 0 aromatic carbocycles. The van der Waals surface area contributed by atoms with Crippen molar-refractivity contribution in [2.45, 2.75) is 70.5 Å². The third kappa shape index (κ3) is 5.68. The molecule has 2 N–H and O–H groups in total. The van der Waals surface area contributed by atoms with Crippen molar-refractivity contribution in [2.75, 3.05) is 14.1 Å². The molecule has 25 heavy (non-hydrogen) atoms. The number of allylic oxidation sites excluding steroid dienone is 2. The van der Waals surface area contributed by atoms with Crippen molar-refractivity contribution in [1.29, 1.82) is 0 Å². The van der Waals surface area contributed by atoms with E-state index in [-0.39, 0.29) is 24.0 Å². The van der Waals surface area contributed by atoms with Gasteiger partial charge in [0.2, 0.25) is 5.91 Å². The zero-order valence-electron chi connectivity index (χ0n) is 16.0. The summed E-state index contributed by atoms with van der Waals surface area (Å²) in [6.07, 6.45) is 13.0. The fraction of sp³-hybridized carbons (Fsp3) is 0.762. The summed E-state index contributed by atoms with van der Waals surface area (Å²) in [5, 5.41) is 20.2. The van der Waals surface area contributed by atoms with Gasteiger partial charge in [-0.1, -0.05) is 37.1 Å². The summed E-state index contributed by atoms with van der Waals surface area (Å²) in [5.74, 6) is 1.33. The van der Waals surface area contributed by atoms with Crippen LogP contribution in [0.5, 0.6) is 0 Å². The quantitative estimate of drug-likeness (QED) is 0.496. The summed E-state index contributed by atoms with van der Waals surface area (Å²) in [6.45, 7) is 2.07. The Morgan fingerprint density at radius 1 is 1.40 bits per heavy atom. The second-order valence-corrected chi connectivity index (χ2v) is 7.97. The van der Waals surface area contributed by atoms with Crippen LogP contribution < -0.4 is 0 Å². The van der Waals surface area contributed by atoms with Crippen LogP contribution in [0.25, 0.3) is 0 Å². The maximum atomic E-state index is 11.6. The van der Waals surface area contributed by atoms with Crippen LogP contribution in [0.4, 0.5) is 0 Å². The summed E-state index contributed by atoms with van der Waals surface area (Å²) >= 11 is 0. The summed E-state index contributed by atoms with van der Waals surface area (Å²) in [5.41, 5.74) is 1.49. The molecule has 0 spiro atoms. The zero-order chi connectivity index (χ0) is 18.4. The molecule has 0 radical (unpaired) electrons. The van der Waals surface area contributed by atoms with E-state index in [1.807, 2.05) is 6.08 Å². The van der Waals surface area contributed by atoms with Gasteiger partial charge in [0.25, 0.3) is 0 Å². The van der Waals surface area contributed by atoms with Gasteiger partial charge in [-0.25, -0.2) is 0 Å². The van der Waals surface area contributed by atoms with Gasteiger partial charge in [-0.2, -0.15) is 0 Å². The lowest BCUT2D eigenvalue weighted by Crippen LogP contribution is -2.21. The van der Waals surface area contributed by atoms with Crippen LogP contribution in [0.15, 0.2) is 23.8 Å². The van der Waals surface area contributed by atoms with Crippen LogP contribution in [0.1, 0.15) is 58.3 Å². The maximum Gasteiger partial charge on any atom is 0.222 e. The lowest BCUT2D eigenvalue weighted by molar-refractivity contribution is -0.128. The summed E-state index contributed by atoms with van der Waals surface area (Å²) in [6, 6.07) is 0. The van der Waals surface area contributed by atoms with Crippen molar-refractivity contribution in [1.82, 2.24) is 4.90 Å². The molecule has 1 saturated carbocycles. The van der Waals surface area contributed by atoms with E-state index in [4.69, 9.17) is 0 Å². The summed E-state index contributed by atoms with van der Waals surface area (Å²) in [4.78, 5) is 13.3. The number of amides is 1. The van der Waals surface area contributed by atoms with E-state index in [1.165, 1.54) is 5.57 Å². The molecule has 0 saturated heterocycles. The highest BCUT2D eigenvalue weighted by Crippen LogP contribution is 2.48. The number of fused-ring (bicyclic) bond motifs is 1. The number of hydrogen-bond donors (Lipinski definition) is 2. The first-order valence-corrected chi connectivity index (χ1v) is 9.86. The molecule has 2 rings (SSSR count). The van der Waals surface area contributed by atoms with E-state index in [9.17, 15) is 15.0 Å². The highest BCUT2D eigenvalue weighted by Gasteiger charge is 2.43. The minimum atomic E-state index is -0.390. The van der Waals surface area contributed by atoms with E-state index in [0.717, 1.165) is 44.9 Å². The second kappa shape index (κ2) is 9.54. The van der Waals surface area contributed by atoms with E-state index < -0.39 is 0 Å². The largest absolute Gasteiger partial charge is 0.392 e. The van der Waals surface area contributed by atoms with Crippen LogP contribution in [0.3, 0.4) is 0 Å². The first-order chi connectivity index (χ1) is 11.9. The van der Waals surface area contributed by atoms with Crippen molar-refractivity contribution in [3.8, 4) is 0 Å². The number of rotatable bonds is 9. The predicted molar refractivity (Wildman–Crippen MR) is 101 cm³/mol. The van der Waals surface area contributed by atoms with Gasteiger partial charge >= 0.3 is 0 Å². The van der Waals surface area contributed by atoms with E-state index in [1.54, 1.807) is 19.0 Å². The molecule has 0 heterocycles. The number of aliphatic hydroxyl groups is 2. The molecule has 2 aliphatic rings. The fourth-order valence-electron chi connectivity index (χ4n) is 4.29. The Kier molecular flexibility index (Phi) is 7.70. The molecule has 5 atom stereocenters. The first-order valence-electron chi connectivity index (χ1n) is 9.86. The lowest BCUT2D eigenvalue weighted by Gasteiger charge is -2.19. The van der Waals surface area contributed by atoms with Gasteiger partial charge in [-0.15, -0.1) is 0 Å². The highest BCUT2D eigenvalue weighted by molar-refractivity contribution is 5.75. The average molecular weight is 350 g/mol. The van der Waals surface area contributed by atoms with E-state index in [0.29, 0.717) is 18.3 Å². The number of carbonyl (C=O) groups excluding carboxylic acids is 1. The number of nitrogens with zero attached hydrogens (tertiary/aromatic N) is 1. The Morgan fingerprint density at radius 3 is 2.84 bits per heavy atom. The van der Waals surface area contributed by atoms with Gasteiger partial charge in [-0.3, -0.25) is 4.79 Å². The number of hydrogen-bond acceptors (Lipinski definition) is 3. The fourth-order valence-corrected chi connectivity index (χ4v) is 4.29. The molecule has 0 aromatic heterocycles. The van der Waals surface area contributed by atoms with Gasteiger partial charge < -0.3 is 15.1 Å². The van der Waals surface area contributed by atoms with E-state index in [2.05, 4.69) is 19.1 Å². The summed E-state index contributed by atoms with van der Waals surface area (Å²) < 4.78 is 0. The zero-order valence-corrected chi connectivity index (χ0v) is 16.0. The van der Waals surface area contributed by atoms with Crippen LogP contribution in [0.2, 0.25) is 0 Å². The first kappa shape index (κ1) is 20.2. The molecule has 4 heteroatoms. The van der Waals surface area contributed by atoms with Crippen molar-refractivity contribution < 1.29 is 15.0 Å². The molecule has 1 amide bonds. The van der Waals surface area contributed by atoms with Crippen LogP contribution in [-0.4, -0.2) is 47.3 Å². The minimum absolute atomic E-state index is 0.167. The highest BCUT2D eigenvalue weighted by atomic mass is 16.3. The van der Waals surface area contributed by atoms with Gasteiger partial charge in [0.1, 0.15) is 0 Å². The second-order valence-electron chi connectivity index (χ2n) is 7.97. The number of unbranched alkanes of at least 4 members (excludes halogenated alkanes) is 1. The Morgan fingerprint density at radius 2 is 2.16 bits per heavy atom. The van der Waals surface area contributed by atoms with Crippen molar-refractivity contribution in [3.05, 3.63) is 23.8 Å². The molecule has 1 fully saturated rings. The van der Waals surface area contributed by atoms with Crippen LogP contribution in [0, 0.1) is 17.8 Å². The molecule has 0 unspecified atom stereocenters. The molecule has 4 nitrogen and oxygen atoms in total. The Bertz CT molecular complexity index is 497. The number of carbonyl (C=O) groups is 1. The third-order valence-corrected chi connectivity index (χ3v) is 5.73. The van der Waals surface area contributed by atoms with Crippen molar-refractivity contribution in [2.24, 2.45) is 17.8 Å². The molecule has 142 valence electrons. The van der Waals surface area contributed by atoms with Gasteiger partial charge in [0.15, 0.2) is 0 Å². The topological polar surface area (TPSA) is 60.8 Å². The molecule has 0 aliphatic heterocycles. The monoisotopic (exact) mass is 349 g/mol. The van der Waals surface area contributed by atoms with Crippen LogP contribution in [-0.2, 0) is 4.79 Å². The third-order valence-electron chi connectivity index (χ3n) is 5.73. The lowest BCUT2D eigenvalue weighted by atomic mass is 9.88. The van der Waals surface area contributed by atoms with Gasteiger partial charge in [-0.05, 0) is 50.4 Å². The number of aliphatic hydroxyl groups excluding tert-OH is 2. The van der Waals surface area contributed by atoms with Gasteiger partial charge in [0, 0.05) is 26.4 Å².